The largest absolute Gasteiger partial charge is 0.489 e. The normalized spacial score (nSPS) is 19.5. The Morgan fingerprint density at radius 3 is 2.73 bits per heavy atom. The maximum absolute atomic E-state index is 11.6. The minimum atomic E-state index is -0.872. The highest BCUT2D eigenvalue weighted by atomic mass is 32.1. The predicted octanol–water partition coefficient (Wildman–Crippen LogP) is 3.06. The molecule has 172 valence electrons. The summed E-state index contributed by atoms with van der Waals surface area (Å²) in [6, 6.07) is 7.99. The summed E-state index contributed by atoms with van der Waals surface area (Å²) in [6.07, 6.45) is 1.33. The van der Waals surface area contributed by atoms with Crippen LogP contribution in [0.25, 0.3) is 21.5 Å². The minimum absolute atomic E-state index is 0.0702. The number of carbonyl (C=O) groups excluding carboxylic acids is 1. The van der Waals surface area contributed by atoms with Crippen molar-refractivity contribution < 1.29 is 19.4 Å². The molecule has 2 aromatic heterocycles. The van der Waals surface area contributed by atoms with Gasteiger partial charge in [0.25, 0.3) is 0 Å². The quantitative estimate of drug-likeness (QED) is 0.594. The number of hydrogen-bond acceptors (Lipinski definition) is 7. The van der Waals surface area contributed by atoms with Crippen LogP contribution in [0.4, 0.5) is 10.5 Å². The van der Waals surface area contributed by atoms with Gasteiger partial charge >= 0.3 is 6.09 Å². The number of ether oxygens (including phenoxy) is 1. The number of amides is 2. The highest BCUT2D eigenvalue weighted by Crippen LogP contribution is 2.36. The number of benzene rings is 1. The number of carbonyl (C=O) groups is 2. The van der Waals surface area contributed by atoms with Crippen LogP contribution in [0.1, 0.15) is 13.3 Å². The molecule has 10 heteroatoms. The van der Waals surface area contributed by atoms with Crippen LogP contribution < -0.4 is 15.0 Å². The molecule has 9 nitrogen and oxygen atoms in total. The van der Waals surface area contributed by atoms with E-state index in [2.05, 4.69) is 20.2 Å². The number of nitrogens with one attached hydrogen (secondary N) is 1. The maximum atomic E-state index is 11.6. The number of hydrogen-bond donors (Lipinski definition) is 2. The highest BCUT2D eigenvalue weighted by Gasteiger charge is 2.28. The van der Waals surface area contributed by atoms with Gasteiger partial charge in [0.2, 0.25) is 5.91 Å². The van der Waals surface area contributed by atoms with Crippen molar-refractivity contribution in [3.05, 3.63) is 36.0 Å². The Balaban J connectivity index is 1.35. The van der Waals surface area contributed by atoms with Gasteiger partial charge in [0, 0.05) is 50.6 Å². The summed E-state index contributed by atoms with van der Waals surface area (Å²) in [4.78, 5) is 35.4. The molecule has 2 amide bonds. The SMILES string of the molecule is CC(Oc1cc(-c2ccc(N3CCN(C(=O)O)CC3)cn2)cc2ncsc12)C1CNC(=O)C1. The monoisotopic (exact) mass is 467 g/mol. The third kappa shape index (κ3) is 4.43. The van der Waals surface area contributed by atoms with Crippen molar-refractivity contribution in [2.75, 3.05) is 37.6 Å². The molecule has 2 aliphatic heterocycles. The minimum Gasteiger partial charge on any atom is -0.489 e. The van der Waals surface area contributed by atoms with Crippen molar-refractivity contribution in [3.8, 4) is 17.0 Å². The number of thiazole rings is 1. The standard InChI is InChI=1S/C23H25N5O4S/c1-14(16-10-21(29)25-11-16)32-20-9-15(8-19-22(20)33-13-26-19)18-3-2-17(12-24-18)27-4-6-28(7-5-27)23(30)31/h2-3,8-9,12-14,16H,4-7,10-11H2,1H3,(H,25,29)(H,30,31). The van der Waals surface area contributed by atoms with Gasteiger partial charge in [0.15, 0.2) is 0 Å². The van der Waals surface area contributed by atoms with Crippen molar-refractivity contribution >= 4 is 39.2 Å². The summed E-state index contributed by atoms with van der Waals surface area (Å²) >= 11 is 1.53. The van der Waals surface area contributed by atoms with Crippen LogP contribution in [-0.4, -0.2) is 70.8 Å². The van der Waals surface area contributed by atoms with E-state index in [1.54, 1.807) is 5.51 Å². The zero-order valence-electron chi connectivity index (χ0n) is 18.2. The van der Waals surface area contributed by atoms with Crippen LogP contribution in [0.2, 0.25) is 0 Å². The van der Waals surface area contributed by atoms with Crippen LogP contribution in [0.15, 0.2) is 36.0 Å². The van der Waals surface area contributed by atoms with Crippen molar-refractivity contribution in [1.82, 2.24) is 20.2 Å². The van der Waals surface area contributed by atoms with Crippen LogP contribution in [-0.2, 0) is 4.79 Å². The second-order valence-electron chi connectivity index (χ2n) is 8.42. The molecule has 0 bridgehead atoms. The molecule has 2 unspecified atom stereocenters. The van der Waals surface area contributed by atoms with Gasteiger partial charge in [0.05, 0.1) is 33.3 Å². The molecular formula is C23H25N5O4S. The zero-order chi connectivity index (χ0) is 22.9. The van der Waals surface area contributed by atoms with Gasteiger partial charge in [-0.05, 0) is 31.2 Å². The predicted molar refractivity (Wildman–Crippen MR) is 126 cm³/mol. The van der Waals surface area contributed by atoms with Gasteiger partial charge in [-0.2, -0.15) is 0 Å². The second kappa shape index (κ2) is 8.86. The Morgan fingerprint density at radius 2 is 2.06 bits per heavy atom. The average Bonchev–Trinajstić information content (AvgIpc) is 3.48. The summed E-state index contributed by atoms with van der Waals surface area (Å²) in [7, 11) is 0. The van der Waals surface area contributed by atoms with Crippen molar-refractivity contribution in [2.24, 2.45) is 5.92 Å². The van der Waals surface area contributed by atoms with E-state index in [1.807, 2.05) is 37.4 Å². The lowest BCUT2D eigenvalue weighted by Crippen LogP contribution is -2.48. The van der Waals surface area contributed by atoms with Crippen LogP contribution in [0.5, 0.6) is 5.75 Å². The average molecular weight is 468 g/mol. The van der Waals surface area contributed by atoms with Crippen LogP contribution in [0.3, 0.4) is 0 Å². The van der Waals surface area contributed by atoms with Crippen LogP contribution in [0, 0.1) is 5.92 Å². The molecule has 0 spiro atoms. The maximum Gasteiger partial charge on any atom is 0.407 e. The van der Waals surface area contributed by atoms with Crippen LogP contribution >= 0.6 is 11.3 Å². The Kier molecular flexibility index (Phi) is 5.76. The molecule has 3 aromatic rings. The first-order valence-electron chi connectivity index (χ1n) is 11.0. The second-order valence-corrected chi connectivity index (χ2v) is 9.28. The van der Waals surface area contributed by atoms with E-state index in [1.165, 1.54) is 16.2 Å². The Hall–Kier alpha value is -3.40. The summed E-state index contributed by atoms with van der Waals surface area (Å²) in [5.41, 5.74) is 5.37. The van der Waals surface area contributed by atoms with E-state index in [9.17, 15) is 9.59 Å². The fourth-order valence-corrected chi connectivity index (χ4v) is 5.06. The summed E-state index contributed by atoms with van der Waals surface area (Å²) in [5.74, 6) is 0.969. The zero-order valence-corrected chi connectivity index (χ0v) is 19.0. The third-order valence-electron chi connectivity index (χ3n) is 6.34. The summed E-state index contributed by atoms with van der Waals surface area (Å²) < 4.78 is 7.30. The van der Waals surface area contributed by atoms with Gasteiger partial charge in [-0.25, -0.2) is 9.78 Å². The van der Waals surface area contributed by atoms with E-state index in [0.717, 1.165) is 32.9 Å². The molecule has 2 N–H and O–H groups in total. The summed E-state index contributed by atoms with van der Waals surface area (Å²) in [5, 5.41) is 12.0. The molecule has 33 heavy (non-hydrogen) atoms. The van der Waals surface area contributed by atoms with E-state index in [-0.39, 0.29) is 17.9 Å². The molecule has 2 saturated heterocycles. The van der Waals surface area contributed by atoms with Crippen molar-refractivity contribution in [1.29, 1.82) is 0 Å². The number of rotatable bonds is 5. The molecule has 0 radical (unpaired) electrons. The molecule has 0 aliphatic carbocycles. The Bertz CT molecular complexity index is 1170. The van der Waals surface area contributed by atoms with E-state index in [0.29, 0.717) is 39.1 Å². The van der Waals surface area contributed by atoms with Gasteiger partial charge < -0.3 is 25.0 Å². The van der Waals surface area contributed by atoms with Gasteiger partial charge in [-0.3, -0.25) is 9.78 Å². The number of pyridine rings is 1. The molecule has 0 saturated carbocycles. The van der Waals surface area contributed by atoms with Crippen molar-refractivity contribution in [2.45, 2.75) is 19.4 Å². The van der Waals surface area contributed by atoms with E-state index >= 15 is 0 Å². The first-order chi connectivity index (χ1) is 16.0. The van der Waals surface area contributed by atoms with Gasteiger partial charge in [-0.15, -0.1) is 11.3 Å². The third-order valence-corrected chi connectivity index (χ3v) is 7.20. The van der Waals surface area contributed by atoms with E-state index in [4.69, 9.17) is 9.84 Å². The number of piperazine rings is 1. The van der Waals surface area contributed by atoms with E-state index < -0.39 is 6.09 Å². The number of nitrogens with zero attached hydrogens (tertiary/aromatic N) is 4. The number of aromatic nitrogens is 2. The smallest absolute Gasteiger partial charge is 0.407 e. The van der Waals surface area contributed by atoms with Crippen molar-refractivity contribution in [3.63, 3.8) is 0 Å². The lowest BCUT2D eigenvalue weighted by Gasteiger charge is -2.34. The first kappa shape index (κ1) is 21.4. The molecule has 4 heterocycles. The van der Waals surface area contributed by atoms with Gasteiger partial charge in [-0.1, -0.05) is 0 Å². The van der Waals surface area contributed by atoms with Gasteiger partial charge in [0.1, 0.15) is 11.9 Å². The highest BCUT2D eigenvalue weighted by molar-refractivity contribution is 7.17. The molecule has 1 aromatic carbocycles. The number of carboxylic acid groups (broad SMARTS) is 1. The Labute approximate surface area is 195 Å². The molecule has 2 fully saturated rings. The molecule has 5 rings (SSSR count). The molecule has 2 atom stereocenters. The Morgan fingerprint density at radius 1 is 1.24 bits per heavy atom. The number of anilines is 1. The summed E-state index contributed by atoms with van der Waals surface area (Å²) in [6.45, 7) is 4.90. The number of fused-ring (bicyclic) bond motifs is 1. The topological polar surface area (TPSA) is 108 Å². The fraction of sp³-hybridized carbons (Fsp3) is 0.391. The first-order valence-corrected chi connectivity index (χ1v) is 11.9. The lowest BCUT2D eigenvalue weighted by molar-refractivity contribution is -0.119. The lowest BCUT2D eigenvalue weighted by atomic mass is 10.0. The fourth-order valence-electron chi connectivity index (χ4n) is 4.33. The molecule has 2 aliphatic rings. The molecular weight excluding hydrogens is 442 g/mol.